The number of hydrogen-bond donors (Lipinski definition) is 0. The summed E-state index contributed by atoms with van der Waals surface area (Å²) in [6.07, 6.45) is 11.7. The van der Waals surface area contributed by atoms with Gasteiger partial charge >= 0.3 is 0 Å². The van der Waals surface area contributed by atoms with Crippen LogP contribution in [-0.4, -0.2) is 6.29 Å². The summed E-state index contributed by atoms with van der Waals surface area (Å²) in [6.45, 7) is 2.00. The van der Waals surface area contributed by atoms with Gasteiger partial charge in [0.25, 0.3) is 0 Å². The van der Waals surface area contributed by atoms with Crippen LogP contribution in [-0.2, 0) is 4.79 Å². The van der Waals surface area contributed by atoms with Gasteiger partial charge in [0.05, 0.1) is 0 Å². The van der Waals surface area contributed by atoms with Gasteiger partial charge in [-0.25, -0.2) is 0 Å². The van der Waals surface area contributed by atoms with Crippen LogP contribution in [0.15, 0.2) is 24.3 Å². The van der Waals surface area contributed by atoms with Gasteiger partial charge in [0, 0.05) is 6.42 Å². The standard InChI is InChI=1S/C9H14O/c1-2-3-4-5-6-7-8-9-10/h2-3,5-6,9H,4,7-8H2,1H3. The van der Waals surface area contributed by atoms with Gasteiger partial charge in [-0.15, -0.1) is 0 Å². The molecule has 0 saturated carbocycles. The molecular weight excluding hydrogens is 124 g/mol. The molecule has 0 N–H and O–H groups in total. The van der Waals surface area contributed by atoms with Gasteiger partial charge in [-0.1, -0.05) is 24.3 Å². The lowest BCUT2D eigenvalue weighted by molar-refractivity contribution is -0.107. The smallest absolute Gasteiger partial charge is 0.120 e. The molecule has 0 radical (unpaired) electrons. The molecular formula is C9H14O. The Hall–Kier alpha value is -0.850. The number of rotatable bonds is 5. The van der Waals surface area contributed by atoms with E-state index in [-0.39, 0.29) is 0 Å². The van der Waals surface area contributed by atoms with E-state index in [9.17, 15) is 4.79 Å². The second kappa shape index (κ2) is 8.15. The van der Waals surface area contributed by atoms with E-state index >= 15 is 0 Å². The van der Waals surface area contributed by atoms with Crippen molar-refractivity contribution >= 4 is 6.29 Å². The zero-order chi connectivity index (χ0) is 7.66. The predicted octanol–water partition coefficient (Wildman–Crippen LogP) is 2.49. The summed E-state index contributed by atoms with van der Waals surface area (Å²) in [5, 5.41) is 0. The summed E-state index contributed by atoms with van der Waals surface area (Å²) in [4.78, 5) is 9.85. The third-order valence-corrected chi connectivity index (χ3v) is 1.13. The van der Waals surface area contributed by atoms with Gasteiger partial charge < -0.3 is 4.79 Å². The molecule has 0 bridgehead atoms. The summed E-state index contributed by atoms with van der Waals surface area (Å²) >= 11 is 0. The Bertz CT molecular complexity index is 123. The van der Waals surface area contributed by atoms with E-state index in [2.05, 4.69) is 12.2 Å². The number of unbranched alkanes of at least 4 members (excludes halogenated alkanes) is 1. The van der Waals surface area contributed by atoms with E-state index in [0.29, 0.717) is 6.42 Å². The van der Waals surface area contributed by atoms with Gasteiger partial charge in [0.2, 0.25) is 0 Å². The molecule has 0 aliphatic carbocycles. The second-order valence-electron chi connectivity index (χ2n) is 2.02. The lowest BCUT2D eigenvalue weighted by Gasteiger charge is -1.81. The van der Waals surface area contributed by atoms with Crippen LogP contribution >= 0.6 is 0 Å². The van der Waals surface area contributed by atoms with Crippen molar-refractivity contribution in [1.29, 1.82) is 0 Å². The van der Waals surface area contributed by atoms with E-state index in [0.717, 1.165) is 19.1 Å². The molecule has 0 aromatic rings. The third kappa shape index (κ3) is 7.15. The minimum Gasteiger partial charge on any atom is -0.303 e. The molecule has 0 heterocycles. The number of carbonyl (C=O) groups excluding carboxylic acids is 1. The zero-order valence-electron chi connectivity index (χ0n) is 6.42. The summed E-state index contributed by atoms with van der Waals surface area (Å²) in [7, 11) is 0. The minimum atomic E-state index is 0.645. The lowest BCUT2D eigenvalue weighted by atomic mass is 10.3. The Morgan fingerprint density at radius 1 is 1.10 bits per heavy atom. The second-order valence-corrected chi connectivity index (χ2v) is 2.02. The number of allylic oxidation sites excluding steroid dienone is 4. The first-order valence-electron chi connectivity index (χ1n) is 3.61. The molecule has 0 atom stereocenters. The van der Waals surface area contributed by atoms with E-state index in [4.69, 9.17) is 0 Å². The van der Waals surface area contributed by atoms with E-state index < -0.39 is 0 Å². The van der Waals surface area contributed by atoms with Crippen molar-refractivity contribution in [2.75, 3.05) is 0 Å². The molecule has 0 aliphatic rings. The third-order valence-electron chi connectivity index (χ3n) is 1.13. The van der Waals surface area contributed by atoms with Gasteiger partial charge in [-0.05, 0) is 19.8 Å². The highest BCUT2D eigenvalue weighted by atomic mass is 16.1. The zero-order valence-corrected chi connectivity index (χ0v) is 6.42. The van der Waals surface area contributed by atoms with Crippen molar-refractivity contribution in [3.8, 4) is 0 Å². The molecule has 0 aromatic heterocycles. The fourth-order valence-corrected chi connectivity index (χ4v) is 0.593. The van der Waals surface area contributed by atoms with Gasteiger partial charge in [0.1, 0.15) is 6.29 Å². The molecule has 1 heteroatoms. The van der Waals surface area contributed by atoms with E-state index in [1.807, 2.05) is 19.1 Å². The SMILES string of the molecule is CC=CCC=CCCC=O. The van der Waals surface area contributed by atoms with E-state index in [1.165, 1.54) is 0 Å². The van der Waals surface area contributed by atoms with Gasteiger partial charge in [0.15, 0.2) is 0 Å². The molecule has 0 spiro atoms. The van der Waals surface area contributed by atoms with Crippen LogP contribution in [0.3, 0.4) is 0 Å². The normalized spacial score (nSPS) is 11.3. The number of aldehydes is 1. The topological polar surface area (TPSA) is 17.1 Å². The maximum absolute atomic E-state index is 9.85. The van der Waals surface area contributed by atoms with Crippen molar-refractivity contribution in [3.63, 3.8) is 0 Å². The average molecular weight is 138 g/mol. The van der Waals surface area contributed by atoms with Crippen molar-refractivity contribution < 1.29 is 4.79 Å². The highest BCUT2D eigenvalue weighted by Gasteiger charge is 1.75. The van der Waals surface area contributed by atoms with E-state index in [1.54, 1.807) is 0 Å². The summed E-state index contributed by atoms with van der Waals surface area (Å²) < 4.78 is 0. The first-order valence-corrected chi connectivity index (χ1v) is 3.61. The molecule has 56 valence electrons. The molecule has 0 fully saturated rings. The Kier molecular flexibility index (Phi) is 7.46. The van der Waals surface area contributed by atoms with Crippen molar-refractivity contribution in [1.82, 2.24) is 0 Å². The fraction of sp³-hybridized carbons (Fsp3) is 0.444. The molecule has 10 heavy (non-hydrogen) atoms. The largest absolute Gasteiger partial charge is 0.303 e. The highest BCUT2D eigenvalue weighted by molar-refractivity contribution is 5.49. The van der Waals surface area contributed by atoms with Crippen LogP contribution < -0.4 is 0 Å². The molecule has 0 unspecified atom stereocenters. The summed E-state index contributed by atoms with van der Waals surface area (Å²) in [5.74, 6) is 0. The molecule has 0 aliphatic heterocycles. The Morgan fingerprint density at radius 3 is 2.50 bits per heavy atom. The summed E-state index contributed by atoms with van der Waals surface area (Å²) in [5.41, 5.74) is 0. The number of carbonyl (C=O) groups is 1. The Balaban J connectivity index is 3.11. The maximum Gasteiger partial charge on any atom is 0.120 e. The Labute approximate surface area is 62.4 Å². The van der Waals surface area contributed by atoms with Crippen LogP contribution in [0.2, 0.25) is 0 Å². The molecule has 1 nitrogen and oxygen atoms in total. The van der Waals surface area contributed by atoms with Gasteiger partial charge in [-0.2, -0.15) is 0 Å². The molecule has 0 amide bonds. The van der Waals surface area contributed by atoms with Crippen LogP contribution in [0.1, 0.15) is 26.2 Å². The predicted molar refractivity (Wildman–Crippen MR) is 43.9 cm³/mol. The van der Waals surface area contributed by atoms with Crippen molar-refractivity contribution in [2.24, 2.45) is 0 Å². The van der Waals surface area contributed by atoms with Crippen molar-refractivity contribution in [2.45, 2.75) is 26.2 Å². The lowest BCUT2D eigenvalue weighted by Crippen LogP contribution is -1.69. The van der Waals surface area contributed by atoms with Crippen LogP contribution in [0.25, 0.3) is 0 Å². The van der Waals surface area contributed by atoms with Crippen LogP contribution in [0.4, 0.5) is 0 Å². The summed E-state index contributed by atoms with van der Waals surface area (Å²) in [6, 6.07) is 0. The average Bonchev–Trinajstić information content (AvgIpc) is 1.97. The van der Waals surface area contributed by atoms with Gasteiger partial charge in [-0.3, -0.25) is 0 Å². The maximum atomic E-state index is 9.85. The molecule has 0 saturated heterocycles. The minimum absolute atomic E-state index is 0.645. The monoisotopic (exact) mass is 138 g/mol. The van der Waals surface area contributed by atoms with Crippen molar-refractivity contribution in [3.05, 3.63) is 24.3 Å². The first-order chi connectivity index (χ1) is 4.91. The number of hydrogen-bond acceptors (Lipinski definition) is 1. The first kappa shape index (κ1) is 9.15. The molecule has 0 rings (SSSR count). The highest BCUT2D eigenvalue weighted by Crippen LogP contribution is 1.90. The molecule has 0 aromatic carbocycles. The fourth-order valence-electron chi connectivity index (χ4n) is 0.593. The Morgan fingerprint density at radius 2 is 1.90 bits per heavy atom. The quantitative estimate of drug-likeness (QED) is 0.324. The van der Waals surface area contributed by atoms with Crippen LogP contribution in [0.5, 0.6) is 0 Å². The van der Waals surface area contributed by atoms with Crippen LogP contribution in [0, 0.1) is 0 Å².